The maximum Gasteiger partial charge on any atom is 0.434 e. The smallest absolute Gasteiger partial charge is 0.426 e. The average molecular weight is 565 g/mol. The summed E-state index contributed by atoms with van der Waals surface area (Å²) in [7, 11) is 1.72. The van der Waals surface area contributed by atoms with Crippen LogP contribution < -0.4 is 4.90 Å². The van der Waals surface area contributed by atoms with E-state index in [2.05, 4.69) is 4.74 Å². The van der Waals surface area contributed by atoms with E-state index >= 15 is 0 Å². The van der Waals surface area contributed by atoms with Gasteiger partial charge in [-0.05, 0) is 44.5 Å². The summed E-state index contributed by atoms with van der Waals surface area (Å²) < 4.78 is 126. The third-order valence-electron chi connectivity index (χ3n) is 7.01. The van der Waals surface area contributed by atoms with Crippen molar-refractivity contribution in [3.05, 3.63) is 29.3 Å². The summed E-state index contributed by atoms with van der Waals surface area (Å²) in [5.41, 5.74) is -0.414. The van der Waals surface area contributed by atoms with Crippen LogP contribution in [0.4, 0.5) is 50.0 Å². The van der Waals surface area contributed by atoms with Gasteiger partial charge >= 0.3 is 24.6 Å². The Morgan fingerprint density at radius 3 is 2.05 bits per heavy atom. The van der Waals surface area contributed by atoms with Crippen LogP contribution in [0.1, 0.15) is 30.9 Å². The number of ether oxygens (including phenoxy) is 2. The zero-order chi connectivity index (χ0) is 28.5. The fraction of sp³-hybridized carbons (Fsp3) is 0.696. The molecule has 2 saturated heterocycles. The van der Waals surface area contributed by atoms with Gasteiger partial charge in [-0.2, -0.15) is 39.5 Å². The van der Waals surface area contributed by atoms with Crippen LogP contribution in [0.15, 0.2) is 18.2 Å². The monoisotopic (exact) mass is 565 g/mol. The first-order valence-electron chi connectivity index (χ1n) is 11.7. The number of piperidine rings is 1. The molecule has 38 heavy (non-hydrogen) atoms. The number of benzene rings is 1. The van der Waals surface area contributed by atoms with E-state index in [9.17, 15) is 44.3 Å². The minimum Gasteiger partial charge on any atom is -0.426 e. The second-order valence-electron chi connectivity index (χ2n) is 9.63. The third-order valence-corrected chi connectivity index (χ3v) is 7.01. The standard InChI is InChI=1S/C23H28F9N3O3/c1-20(5-7-35(8-6-20)19(36)38-18(22(27,28)29)23(30,31)32)33(2)14-15-3-4-16(21(24,25)26)13-17(15)34-9-11-37-12-10-34/h3-4,13,18H,5-12,14H2,1-2H3. The van der Waals surface area contributed by atoms with Crippen LogP contribution >= 0.6 is 0 Å². The van der Waals surface area contributed by atoms with Gasteiger partial charge in [0.2, 0.25) is 0 Å². The number of alkyl halides is 9. The van der Waals surface area contributed by atoms with E-state index in [0.29, 0.717) is 37.6 Å². The van der Waals surface area contributed by atoms with Crippen LogP contribution in [0.2, 0.25) is 0 Å². The number of likely N-dealkylation sites (tertiary alicyclic amines) is 1. The Kier molecular flexibility index (Phi) is 8.71. The molecule has 2 aliphatic rings. The van der Waals surface area contributed by atoms with Gasteiger partial charge in [-0.1, -0.05) is 6.07 Å². The van der Waals surface area contributed by atoms with Gasteiger partial charge in [0.05, 0.1) is 18.8 Å². The second kappa shape index (κ2) is 11.0. The molecule has 216 valence electrons. The lowest BCUT2D eigenvalue weighted by molar-refractivity contribution is -0.308. The molecule has 0 radical (unpaired) electrons. The van der Waals surface area contributed by atoms with Gasteiger partial charge in [-0.25, -0.2) is 4.79 Å². The van der Waals surface area contributed by atoms with E-state index in [4.69, 9.17) is 4.74 Å². The topological polar surface area (TPSA) is 45.2 Å². The molecule has 6 nitrogen and oxygen atoms in total. The van der Waals surface area contributed by atoms with E-state index in [1.54, 1.807) is 11.9 Å². The van der Waals surface area contributed by atoms with Crippen molar-refractivity contribution in [2.75, 3.05) is 51.3 Å². The van der Waals surface area contributed by atoms with Crippen molar-refractivity contribution < 1.29 is 53.8 Å². The maximum atomic E-state index is 13.4. The highest BCUT2D eigenvalue weighted by molar-refractivity contribution is 5.68. The Balaban J connectivity index is 1.70. The summed E-state index contributed by atoms with van der Waals surface area (Å²) in [5.74, 6) is 0. The molecule has 0 bridgehead atoms. The van der Waals surface area contributed by atoms with Crippen molar-refractivity contribution in [1.29, 1.82) is 0 Å². The van der Waals surface area contributed by atoms with Crippen LogP contribution in [0.25, 0.3) is 0 Å². The van der Waals surface area contributed by atoms with Crippen molar-refractivity contribution in [3.8, 4) is 0 Å². The van der Waals surface area contributed by atoms with Gasteiger partial charge in [0.25, 0.3) is 6.10 Å². The average Bonchev–Trinajstić information content (AvgIpc) is 2.81. The lowest BCUT2D eigenvalue weighted by Gasteiger charge is -2.45. The van der Waals surface area contributed by atoms with Crippen molar-refractivity contribution in [1.82, 2.24) is 9.80 Å². The Bertz CT molecular complexity index is 954. The molecule has 2 heterocycles. The molecule has 3 rings (SSSR count). The number of halogens is 9. The van der Waals surface area contributed by atoms with Crippen molar-refractivity contribution in [2.24, 2.45) is 0 Å². The predicted octanol–water partition coefficient (Wildman–Crippen LogP) is 5.46. The van der Waals surface area contributed by atoms with Gasteiger partial charge in [-0.3, -0.25) is 4.90 Å². The Labute approximate surface area is 213 Å². The summed E-state index contributed by atoms with van der Waals surface area (Å²) in [6.45, 7) is 3.24. The molecule has 1 amide bonds. The van der Waals surface area contributed by atoms with Crippen LogP contribution in [-0.4, -0.2) is 86.3 Å². The van der Waals surface area contributed by atoms with Gasteiger partial charge in [0.1, 0.15) is 0 Å². The van der Waals surface area contributed by atoms with Crippen LogP contribution in [0, 0.1) is 0 Å². The molecule has 0 N–H and O–H groups in total. The number of anilines is 1. The molecule has 0 unspecified atom stereocenters. The number of amides is 1. The maximum absolute atomic E-state index is 13.4. The molecule has 0 aliphatic carbocycles. The molecule has 0 spiro atoms. The van der Waals surface area contributed by atoms with Crippen molar-refractivity contribution >= 4 is 11.8 Å². The highest BCUT2D eigenvalue weighted by atomic mass is 19.4. The summed E-state index contributed by atoms with van der Waals surface area (Å²) >= 11 is 0. The summed E-state index contributed by atoms with van der Waals surface area (Å²) in [5, 5.41) is 0. The molecule has 2 aliphatic heterocycles. The fourth-order valence-corrected chi connectivity index (χ4v) is 4.47. The zero-order valence-corrected chi connectivity index (χ0v) is 20.6. The Morgan fingerprint density at radius 1 is 1.00 bits per heavy atom. The number of hydrogen-bond acceptors (Lipinski definition) is 5. The molecular weight excluding hydrogens is 537 g/mol. The minimum absolute atomic E-state index is 0.161. The normalized spacial score (nSPS) is 19.3. The van der Waals surface area contributed by atoms with E-state index in [1.807, 2.05) is 11.8 Å². The highest BCUT2D eigenvalue weighted by Crippen LogP contribution is 2.38. The van der Waals surface area contributed by atoms with E-state index in [0.717, 1.165) is 17.0 Å². The largest absolute Gasteiger partial charge is 0.434 e. The van der Waals surface area contributed by atoms with E-state index in [1.165, 1.54) is 6.07 Å². The molecule has 1 aromatic rings. The lowest BCUT2D eigenvalue weighted by atomic mass is 9.87. The summed E-state index contributed by atoms with van der Waals surface area (Å²) in [4.78, 5) is 16.5. The quantitative estimate of drug-likeness (QED) is 0.444. The van der Waals surface area contributed by atoms with Gasteiger partial charge in [0, 0.05) is 44.0 Å². The van der Waals surface area contributed by atoms with E-state index < -0.39 is 41.8 Å². The molecule has 15 heteroatoms. The zero-order valence-electron chi connectivity index (χ0n) is 20.6. The lowest BCUT2D eigenvalue weighted by Crippen LogP contribution is -2.54. The SMILES string of the molecule is CN(Cc1ccc(C(F)(F)F)cc1N1CCOCC1)C1(C)CCN(C(=O)OC(C(F)(F)F)C(F)(F)F)CC1. The minimum atomic E-state index is -5.81. The first kappa shape index (κ1) is 30.1. The van der Waals surface area contributed by atoms with Crippen LogP contribution in [-0.2, 0) is 22.2 Å². The van der Waals surface area contributed by atoms with Gasteiger partial charge in [0.15, 0.2) is 0 Å². The molecule has 0 atom stereocenters. The predicted molar refractivity (Wildman–Crippen MR) is 118 cm³/mol. The van der Waals surface area contributed by atoms with Gasteiger partial charge < -0.3 is 19.3 Å². The number of hydrogen-bond donors (Lipinski definition) is 0. The number of nitrogens with zero attached hydrogens (tertiary/aromatic N) is 3. The fourth-order valence-electron chi connectivity index (χ4n) is 4.47. The number of carbonyl (C=O) groups is 1. The van der Waals surface area contributed by atoms with Crippen LogP contribution in [0.5, 0.6) is 0 Å². The molecule has 0 aromatic heterocycles. The van der Waals surface area contributed by atoms with Crippen molar-refractivity contribution in [2.45, 2.75) is 56.5 Å². The second-order valence-corrected chi connectivity index (χ2v) is 9.63. The Hall–Kier alpha value is -2.42. The third kappa shape index (κ3) is 7.16. The summed E-state index contributed by atoms with van der Waals surface area (Å²) in [6, 6.07) is 3.48. The first-order valence-corrected chi connectivity index (χ1v) is 11.7. The number of rotatable bonds is 5. The van der Waals surface area contributed by atoms with E-state index in [-0.39, 0.29) is 32.5 Å². The molecule has 2 fully saturated rings. The number of carbonyl (C=O) groups excluding carboxylic acids is 1. The Morgan fingerprint density at radius 2 is 1.55 bits per heavy atom. The molecule has 0 saturated carbocycles. The van der Waals surface area contributed by atoms with Gasteiger partial charge in [-0.15, -0.1) is 0 Å². The first-order chi connectivity index (χ1) is 17.4. The highest BCUT2D eigenvalue weighted by Gasteiger charge is 2.60. The number of morpholine rings is 1. The summed E-state index contributed by atoms with van der Waals surface area (Å²) in [6.07, 6.45) is -21.7. The molecule has 1 aromatic carbocycles. The van der Waals surface area contributed by atoms with Crippen molar-refractivity contribution in [3.63, 3.8) is 0 Å². The van der Waals surface area contributed by atoms with Crippen LogP contribution in [0.3, 0.4) is 0 Å². The molecular formula is C23H28F9N3O3.